The predicted molar refractivity (Wildman–Crippen MR) is 146 cm³/mol. The molecule has 0 unspecified atom stereocenters. The number of carbonyl (C=O) groups excluding carboxylic acids is 4. The van der Waals surface area contributed by atoms with Gasteiger partial charge in [-0.05, 0) is 36.8 Å². The van der Waals surface area contributed by atoms with Crippen LogP contribution in [0.5, 0.6) is 5.75 Å². The lowest BCUT2D eigenvalue weighted by atomic mass is 10.0. The molecular formula is C27H40N4O7S. The number of benzene rings is 1. The first-order valence-electron chi connectivity index (χ1n) is 13.5. The van der Waals surface area contributed by atoms with Crippen LogP contribution in [0.4, 0.5) is 0 Å². The summed E-state index contributed by atoms with van der Waals surface area (Å²) < 4.78 is 29.7. The van der Waals surface area contributed by atoms with Crippen molar-refractivity contribution in [3.63, 3.8) is 0 Å². The molecule has 2 heterocycles. The van der Waals surface area contributed by atoms with E-state index in [1.807, 2.05) is 27.7 Å². The standard InChI is InChI=1S/C27H40N4O7S/c1-17(2)15-21-26(34)30-22(18(3)4)16-38-23-8-6-5-7-19(23)25(33)29-20(9-10-24(32)28-21)27(35)31-11-13-39(36,37)14-12-31/h5-8,17-18,20-22H,9-16H2,1-4H3,(H,28,32)(H,29,33)(H,30,34)/t20-,21-,22-/m0/s1. The van der Waals surface area contributed by atoms with Gasteiger partial charge in [-0.3, -0.25) is 19.2 Å². The molecule has 216 valence electrons. The second kappa shape index (κ2) is 13.3. The van der Waals surface area contributed by atoms with Crippen molar-refractivity contribution in [3.05, 3.63) is 29.8 Å². The summed E-state index contributed by atoms with van der Waals surface area (Å²) in [7, 11) is -3.21. The van der Waals surface area contributed by atoms with E-state index in [1.165, 1.54) is 4.90 Å². The summed E-state index contributed by atoms with van der Waals surface area (Å²) in [5.41, 5.74) is 0.211. The maximum atomic E-state index is 13.4. The van der Waals surface area contributed by atoms with Crippen LogP contribution in [0.3, 0.4) is 0 Å². The Labute approximate surface area is 230 Å². The van der Waals surface area contributed by atoms with E-state index in [1.54, 1.807) is 24.3 Å². The van der Waals surface area contributed by atoms with Gasteiger partial charge in [-0.2, -0.15) is 0 Å². The normalized spacial score (nSPS) is 24.9. The minimum Gasteiger partial charge on any atom is -0.491 e. The fourth-order valence-corrected chi connectivity index (χ4v) is 5.74. The zero-order valence-corrected chi connectivity index (χ0v) is 23.9. The highest BCUT2D eigenvalue weighted by Gasteiger charge is 2.33. The van der Waals surface area contributed by atoms with Gasteiger partial charge in [-0.15, -0.1) is 0 Å². The van der Waals surface area contributed by atoms with Gasteiger partial charge in [0.2, 0.25) is 17.7 Å². The molecule has 3 atom stereocenters. The van der Waals surface area contributed by atoms with Gasteiger partial charge >= 0.3 is 0 Å². The van der Waals surface area contributed by atoms with Gasteiger partial charge in [-0.25, -0.2) is 8.42 Å². The van der Waals surface area contributed by atoms with E-state index in [4.69, 9.17) is 4.74 Å². The number of amides is 4. The fraction of sp³-hybridized carbons (Fsp3) is 0.630. The minimum atomic E-state index is -3.21. The number of nitrogens with one attached hydrogen (secondary N) is 3. The largest absolute Gasteiger partial charge is 0.491 e. The molecule has 0 spiro atoms. The van der Waals surface area contributed by atoms with Gasteiger partial charge < -0.3 is 25.6 Å². The Morgan fingerprint density at radius 1 is 1.03 bits per heavy atom. The Bertz CT molecular complexity index is 1150. The number of carbonyl (C=O) groups is 4. The Morgan fingerprint density at radius 3 is 2.33 bits per heavy atom. The highest BCUT2D eigenvalue weighted by molar-refractivity contribution is 7.91. The van der Waals surface area contributed by atoms with E-state index >= 15 is 0 Å². The molecule has 3 rings (SSSR count). The van der Waals surface area contributed by atoms with Crippen LogP contribution in [0.2, 0.25) is 0 Å². The number of rotatable bonds is 4. The third-order valence-corrected chi connectivity index (χ3v) is 8.57. The van der Waals surface area contributed by atoms with Gasteiger partial charge in [-0.1, -0.05) is 39.8 Å². The Hall–Kier alpha value is -3.15. The Morgan fingerprint density at radius 2 is 1.69 bits per heavy atom. The zero-order valence-electron chi connectivity index (χ0n) is 23.1. The lowest BCUT2D eigenvalue weighted by molar-refractivity contribution is -0.134. The molecule has 2 aliphatic rings. The molecule has 0 aliphatic carbocycles. The van der Waals surface area contributed by atoms with Crippen LogP contribution < -0.4 is 20.7 Å². The summed E-state index contributed by atoms with van der Waals surface area (Å²) in [6.45, 7) is 7.94. The maximum absolute atomic E-state index is 13.4. The highest BCUT2D eigenvalue weighted by atomic mass is 32.2. The molecule has 0 aromatic heterocycles. The van der Waals surface area contributed by atoms with E-state index < -0.39 is 39.6 Å². The van der Waals surface area contributed by atoms with Gasteiger partial charge in [0.15, 0.2) is 9.84 Å². The van der Waals surface area contributed by atoms with Gasteiger partial charge in [0.1, 0.15) is 24.4 Å². The molecule has 0 bridgehead atoms. The molecule has 1 aromatic rings. The van der Waals surface area contributed by atoms with E-state index in [2.05, 4.69) is 16.0 Å². The van der Waals surface area contributed by atoms with E-state index in [0.29, 0.717) is 12.2 Å². The molecule has 0 saturated carbocycles. The summed E-state index contributed by atoms with van der Waals surface area (Å²) in [6, 6.07) is 4.40. The monoisotopic (exact) mass is 564 g/mol. The van der Waals surface area contributed by atoms with Crippen molar-refractivity contribution in [2.75, 3.05) is 31.2 Å². The van der Waals surface area contributed by atoms with Crippen LogP contribution in [0.1, 0.15) is 57.3 Å². The minimum absolute atomic E-state index is 0.0105. The summed E-state index contributed by atoms with van der Waals surface area (Å²) in [4.78, 5) is 54.3. The van der Waals surface area contributed by atoms with E-state index in [-0.39, 0.29) is 73.4 Å². The van der Waals surface area contributed by atoms with Crippen LogP contribution in [0.25, 0.3) is 0 Å². The number of sulfone groups is 1. The van der Waals surface area contributed by atoms with Crippen molar-refractivity contribution < 1.29 is 32.3 Å². The summed E-state index contributed by atoms with van der Waals surface area (Å²) in [5.74, 6) is -1.61. The predicted octanol–water partition coefficient (Wildman–Crippen LogP) is 0.886. The van der Waals surface area contributed by atoms with Crippen LogP contribution in [0, 0.1) is 11.8 Å². The second-order valence-electron chi connectivity index (χ2n) is 11.0. The van der Waals surface area contributed by atoms with Gasteiger partial charge in [0.25, 0.3) is 5.91 Å². The Kier molecular flexibility index (Phi) is 10.3. The lowest BCUT2D eigenvalue weighted by Crippen LogP contribution is -2.54. The van der Waals surface area contributed by atoms with Crippen molar-refractivity contribution in [1.82, 2.24) is 20.9 Å². The summed E-state index contributed by atoms with van der Waals surface area (Å²) in [6.07, 6.45) is 0.289. The zero-order chi connectivity index (χ0) is 28.7. The number of fused-ring (bicyclic) bond motifs is 1. The maximum Gasteiger partial charge on any atom is 0.255 e. The average Bonchev–Trinajstić information content (AvgIpc) is 2.87. The smallest absolute Gasteiger partial charge is 0.255 e. The first-order chi connectivity index (χ1) is 18.4. The molecule has 1 aromatic carbocycles. The highest BCUT2D eigenvalue weighted by Crippen LogP contribution is 2.20. The molecular weight excluding hydrogens is 524 g/mol. The van der Waals surface area contributed by atoms with E-state index in [9.17, 15) is 27.6 Å². The van der Waals surface area contributed by atoms with Crippen molar-refractivity contribution in [1.29, 1.82) is 0 Å². The lowest BCUT2D eigenvalue weighted by Gasteiger charge is -2.30. The number of ether oxygens (including phenoxy) is 1. The molecule has 1 saturated heterocycles. The van der Waals surface area contributed by atoms with Crippen molar-refractivity contribution in [3.8, 4) is 5.75 Å². The first-order valence-corrected chi connectivity index (χ1v) is 15.3. The second-order valence-corrected chi connectivity index (χ2v) is 13.3. The molecule has 11 nitrogen and oxygen atoms in total. The molecule has 1 fully saturated rings. The molecule has 12 heteroatoms. The van der Waals surface area contributed by atoms with Crippen LogP contribution in [-0.2, 0) is 24.2 Å². The first kappa shape index (κ1) is 30.4. The van der Waals surface area contributed by atoms with Crippen molar-refractivity contribution >= 4 is 33.5 Å². The van der Waals surface area contributed by atoms with E-state index in [0.717, 1.165) is 0 Å². The number of nitrogens with zero attached hydrogens (tertiary/aromatic N) is 1. The summed E-state index contributed by atoms with van der Waals surface area (Å²) >= 11 is 0. The fourth-order valence-electron chi connectivity index (χ4n) is 4.54. The summed E-state index contributed by atoms with van der Waals surface area (Å²) in [5, 5.41) is 8.53. The molecule has 3 N–H and O–H groups in total. The molecule has 0 radical (unpaired) electrons. The van der Waals surface area contributed by atoms with Crippen LogP contribution >= 0.6 is 0 Å². The van der Waals surface area contributed by atoms with Gasteiger partial charge in [0.05, 0.1) is 23.1 Å². The quantitative estimate of drug-likeness (QED) is 0.491. The molecule has 39 heavy (non-hydrogen) atoms. The number of hydrogen-bond acceptors (Lipinski definition) is 7. The third-order valence-electron chi connectivity index (χ3n) is 6.96. The number of para-hydroxylation sites is 1. The SMILES string of the molecule is CC(C)C[C@@H]1NC(=O)CC[C@@H](C(=O)N2CCS(=O)(=O)CC2)NC(=O)c2ccccc2OC[C@@H](C(C)C)NC1=O. The number of hydrogen-bond donors (Lipinski definition) is 3. The average molecular weight is 565 g/mol. The van der Waals surface area contributed by atoms with Crippen molar-refractivity contribution in [2.24, 2.45) is 11.8 Å². The Balaban J connectivity index is 1.92. The van der Waals surface area contributed by atoms with Crippen LogP contribution in [-0.4, -0.2) is 86.3 Å². The topological polar surface area (TPSA) is 151 Å². The molecule has 2 aliphatic heterocycles. The van der Waals surface area contributed by atoms with Crippen LogP contribution in [0.15, 0.2) is 24.3 Å². The van der Waals surface area contributed by atoms with Gasteiger partial charge in [0, 0.05) is 19.5 Å². The molecule has 4 amide bonds. The third kappa shape index (κ3) is 8.67. The van der Waals surface area contributed by atoms with Crippen molar-refractivity contribution in [2.45, 2.75) is 65.1 Å².